The number of aromatic nitrogens is 2. The Labute approximate surface area is 122 Å². The van der Waals surface area contributed by atoms with Crippen molar-refractivity contribution in [3.05, 3.63) is 40.3 Å². The molecular formula is C15H19N3O3. The molecule has 2 aromatic rings. The van der Waals surface area contributed by atoms with Crippen LogP contribution in [0.2, 0.25) is 0 Å². The number of nitrogens with zero attached hydrogens (tertiary/aromatic N) is 1. The fourth-order valence-corrected chi connectivity index (χ4v) is 1.94. The van der Waals surface area contributed by atoms with Gasteiger partial charge in [0.1, 0.15) is 5.82 Å². The number of H-pyrrole nitrogens is 1. The van der Waals surface area contributed by atoms with Crippen molar-refractivity contribution >= 4 is 0 Å². The van der Waals surface area contributed by atoms with E-state index in [0.717, 1.165) is 5.56 Å². The number of aromatic amines is 1. The smallest absolute Gasteiger partial charge is 0.251 e. The number of hydrogen-bond donors (Lipinski definition) is 2. The normalized spacial score (nSPS) is 12.0. The fraction of sp³-hybridized carbons (Fsp3) is 0.333. The summed E-state index contributed by atoms with van der Waals surface area (Å²) in [6.07, 6.45) is 0. The van der Waals surface area contributed by atoms with Crippen LogP contribution in [0.15, 0.2) is 29.1 Å². The highest BCUT2D eigenvalue weighted by atomic mass is 16.5. The summed E-state index contributed by atoms with van der Waals surface area (Å²) >= 11 is 0. The zero-order valence-corrected chi connectivity index (χ0v) is 12.3. The number of methoxy groups -OCH3 is 1. The largest absolute Gasteiger partial charge is 0.493 e. The van der Waals surface area contributed by atoms with Crippen LogP contribution in [0.5, 0.6) is 11.5 Å². The van der Waals surface area contributed by atoms with E-state index >= 15 is 0 Å². The summed E-state index contributed by atoms with van der Waals surface area (Å²) in [5, 5.41) is 0. The Hall–Kier alpha value is -2.34. The Morgan fingerprint density at radius 2 is 2.10 bits per heavy atom. The van der Waals surface area contributed by atoms with Gasteiger partial charge in [0.15, 0.2) is 11.5 Å². The molecule has 21 heavy (non-hydrogen) atoms. The van der Waals surface area contributed by atoms with Gasteiger partial charge in [0.25, 0.3) is 5.56 Å². The maximum absolute atomic E-state index is 11.7. The number of rotatable bonds is 5. The van der Waals surface area contributed by atoms with Crippen LogP contribution in [-0.4, -0.2) is 23.7 Å². The Morgan fingerprint density at radius 1 is 1.33 bits per heavy atom. The minimum atomic E-state index is -0.310. The molecule has 6 nitrogen and oxygen atoms in total. The molecule has 0 aliphatic rings. The first-order chi connectivity index (χ1) is 10.0. The van der Waals surface area contributed by atoms with Crippen molar-refractivity contribution in [3.63, 3.8) is 0 Å². The summed E-state index contributed by atoms with van der Waals surface area (Å²) in [7, 11) is 1.57. The molecule has 3 N–H and O–H groups in total. The van der Waals surface area contributed by atoms with Crippen molar-refractivity contribution in [1.29, 1.82) is 0 Å². The van der Waals surface area contributed by atoms with Gasteiger partial charge in [-0.05, 0) is 32.0 Å². The van der Waals surface area contributed by atoms with Gasteiger partial charge in [-0.15, -0.1) is 0 Å². The lowest BCUT2D eigenvalue weighted by atomic mass is 10.1. The lowest BCUT2D eigenvalue weighted by Gasteiger charge is -2.11. The van der Waals surface area contributed by atoms with Crippen molar-refractivity contribution in [1.82, 2.24) is 9.97 Å². The van der Waals surface area contributed by atoms with Crippen LogP contribution in [0.25, 0.3) is 11.4 Å². The number of ether oxygens (including phenoxy) is 2. The molecule has 0 aliphatic heterocycles. The van der Waals surface area contributed by atoms with Crippen LogP contribution < -0.4 is 20.8 Å². The van der Waals surface area contributed by atoms with Crippen molar-refractivity contribution in [2.75, 3.05) is 13.7 Å². The van der Waals surface area contributed by atoms with Crippen LogP contribution in [0.4, 0.5) is 0 Å². The maximum Gasteiger partial charge on any atom is 0.251 e. The summed E-state index contributed by atoms with van der Waals surface area (Å²) in [5.41, 5.74) is 6.83. The minimum Gasteiger partial charge on any atom is -0.493 e. The third-order valence-corrected chi connectivity index (χ3v) is 2.96. The fourth-order valence-electron chi connectivity index (χ4n) is 1.94. The van der Waals surface area contributed by atoms with E-state index in [9.17, 15) is 4.79 Å². The predicted molar refractivity (Wildman–Crippen MR) is 80.6 cm³/mol. The second-order valence-electron chi connectivity index (χ2n) is 4.61. The summed E-state index contributed by atoms with van der Waals surface area (Å²) in [6.45, 7) is 4.23. The number of benzene rings is 1. The first-order valence-electron chi connectivity index (χ1n) is 6.73. The molecule has 1 aromatic heterocycles. The van der Waals surface area contributed by atoms with E-state index in [4.69, 9.17) is 15.2 Å². The Balaban J connectivity index is 2.49. The molecule has 1 heterocycles. The first-order valence-corrected chi connectivity index (χ1v) is 6.73. The van der Waals surface area contributed by atoms with Crippen LogP contribution in [-0.2, 0) is 0 Å². The SMILES string of the molecule is CCOc1ccc(-c2nc(C(C)N)cc(=O)[nH]2)cc1OC. The molecule has 112 valence electrons. The molecule has 1 aromatic carbocycles. The van der Waals surface area contributed by atoms with Crippen molar-refractivity contribution < 1.29 is 9.47 Å². The van der Waals surface area contributed by atoms with Gasteiger partial charge >= 0.3 is 0 Å². The Kier molecular flexibility index (Phi) is 4.59. The first kappa shape index (κ1) is 15.1. The molecule has 0 radical (unpaired) electrons. The molecule has 0 amide bonds. The van der Waals surface area contributed by atoms with E-state index in [1.807, 2.05) is 13.0 Å². The van der Waals surface area contributed by atoms with E-state index in [2.05, 4.69) is 9.97 Å². The summed E-state index contributed by atoms with van der Waals surface area (Å²) in [6, 6.07) is 6.47. The lowest BCUT2D eigenvalue weighted by molar-refractivity contribution is 0.311. The maximum atomic E-state index is 11.7. The van der Waals surface area contributed by atoms with Crippen molar-refractivity contribution in [2.24, 2.45) is 5.73 Å². The number of nitrogens with two attached hydrogens (primary N) is 1. The highest BCUT2D eigenvalue weighted by molar-refractivity contribution is 5.61. The molecule has 6 heteroatoms. The zero-order valence-electron chi connectivity index (χ0n) is 12.3. The zero-order chi connectivity index (χ0) is 15.4. The van der Waals surface area contributed by atoms with Crippen LogP contribution in [0.3, 0.4) is 0 Å². The van der Waals surface area contributed by atoms with E-state index in [0.29, 0.717) is 29.6 Å². The van der Waals surface area contributed by atoms with Gasteiger partial charge in [0.2, 0.25) is 0 Å². The van der Waals surface area contributed by atoms with Crippen LogP contribution in [0, 0.1) is 0 Å². The lowest BCUT2D eigenvalue weighted by Crippen LogP contribution is -2.15. The van der Waals surface area contributed by atoms with E-state index in [1.165, 1.54) is 6.07 Å². The molecule has 1 atom stereocenters. The standard InChI is InChI=1S/C15H19N3O3/c1-4-21-12-6-5-10(7-13(12)20-3)15-17-11(9(2)16)8-14(19)18-15/h5-9H,4,16H2,1-3H3,(H,17,18,19). The van der Waals surface area contributed by atoms with E-state index < -0.39 is 0 Å². The number of hydrogen-bond acceptors (Lipinski definition) is 5. The molecule has 0 spiro atoms. The van der Waals surface area contributed by atoms with Gasteiger partial charge in [0.05, 0.1) is 19.4 Å². The average molecular weight is 289 g/mol. The van der Waals surface area contributed by atoms with E-state index in [1.54, 1.807) is 26.2 Å². The summed E-state index contributed by atoms with van der Waals surface area (Å²) in [5.74, 6) is 1.69. The van der Waals surface area contributed by atoms with E-state index in [-0.39, 0.29) is 11.6 Å². The molecule has 0 aliphatic carbocycles. The highest BCUT2D eigenvalue weighted by Crippen LogP contribution is 2.31. The molecule has 0 saturated heterocycles. The van der Waals surface area contributed by atoms with Crippen molar-refractivity contribution in [2.45, 2.75) is 19.9 Å². The van der Waals surface area contributed by atoms with Gasteiger partial charge in [-0.1, -0.05) is 0 Å². The second-order valence-corrected chi connectivity index (χ2v) is 4.61. The minimum absolute atomic E-state index is 0.236. The molecule has 2 rings (SSSR count). The van der Waals surface area contributed by atoms with Gasteiger partial charge in [0, 0.05) is 17.7 Å². The summed E-state index contributed by atoms with van der Waals surface area (Å²) in [4.78, 5) is 18.8. The van der Waals surface area contributed by atoms with Gasteiger partial charge < -0.3 is 20.2 Å². The van der Waals surface area contributed by atoms with Gasteiger partial charge in [-0.25, -0.2) is 4.98 Å². The molecule has 0 saturated carbocycles. The molecule has 1 unspecified atom stereocenters. The third kappa shape index (κ3) is 3.41. The van der Waals surface area contributed by atoms with Crippen LogP contribution in [0.1, 0.15) is 25.6 Å². The van der Waals surface area contributed by atoms with Gasteiger partial charge in [-0.2, -0.15) is 0 Å². The second kappa shape index (κ2) is 6.41. The monoisotopic (exact) mass is 289 g/mol. The number of nitrogens with one attached hydrogen (secondary N) is 1. The third-order valence-electron chi connectivity index (χ3n) is 2.96. The van der Waals surface area contributed by atoms with Crippen LogP contribution >= 0.6 is 0 Å². The quantitative estimate of drug-likeness (QED) is 0.877. The molecule has 0 fully saturated rings. The Morgan fingerprint density at radius 3 is 2.71 bits per heavy atom. The van der Waals surface area contributed by atoms with Gasteiger partial charge in [-0.3, -0.25) is 4.79 Å². The molecular weight excluding hydrogens is 270 g/mol. The average Bonchev–Trinajstić information content (AvgIpc) is 2.47. The topological polar surface area (TPSA) is 90.2 Å². The predicted octanol–water partition coefficient (Wildman–Crippen LogP) is 1.86. The van der Waals surface area contributed by atoms with Crippen molar-refractivity contribution in [3.8, 4) is 22.9 Å². The Bertz CT molecular complexity index is 680. The highest BCUT2D eigenvalue weighted by Gasteiger charge is 2.11. The summed E-state index contributed by atoms with van der Waals surface area (Å²) < 4.78 is 10.8. The molecule has 0 bridgehead atoms.